The normalized spacial score (nSPS) is 17.8. The van der Waals surface area contributed by atoms with Crippen molar-refractivity contribution in [2.24, 2.45) is 11.7 Å². The number of ether oxygens (including phenoxy) is 2. The molecular formula is C22H18F3N3O3. The highest BCUT2D eigenvalue weighted by atomic mass is 19.1. The highest BCUT2D eigenvalue weighted by molar-refractivity contribution is 5.86. The Morgan fingerprint density at radius 1 is 1.10 bits per heavy atom. The monoisotopic (exact) mass is 429 g/mol. The first kappa shape index (κ1) is 20.5. The van der Waals surface area contributed by atoms with Gasteiger partial charge in [0.2, 0.25) is 0 Å². The second kappa shape index (κ2) is 8.55. The summed E-state index contributed by atoms with van der Waals surface area (Å²) in [6.45, 7) is 0.540. The van der Waals surface area contributed by atoms with E-state index in [0.29, 0.717) is 35.4 Å². The number of hydrogen-bond donors (Lipinski definition) is 2. The predicted octanol–water partition coefficient (Wildman–Crippen LogP) is 4.96. The molecule has 31 heavy (non-hydrogen) atoms. The van der Waals surface area contributed by atoms with E-state index in [2.05, 4.69) is 10.3 Å². The molecule has 0 bridgehead atoms. The molecule has 2 atom stereocenters. The molecular weight excluding hydrogens is 411 g/mol. The highest BCUT2D eigenvalue weighted by Gasteiger charge is 2.46. The van der Waals surface area contributed by atoms with Crippen molar-refractivity contribution in [1.82, 2.24) is 4.98 Å². The maximum atomic E-state index is 13.3. The number of halogens is 3. The second-order valence-corrected chi connectivity index (χ2v) is 7.11. The number of anilines is 1. The molecule has 160 valence electrons. The first-order chi connectivity index (χ1) is 14.9. The molecule has 2 aromatic carbocycles. The molecule has 2 amide bonds. The summed E-state index contributed by atoms with van der Waals surface area (Å²) in [6, 6.07) is 10.5. The summed E-state index contributed by atoms with van der Waals surface area (Å²) < 4.78 is 49.9. The van der Waals surface area contributed by atoms with Crippen LogP contribution in [0.3, 0.4) is 0 Å². The zero-order valence-corrected chi connectivity index (χ0v) is 16.1. The molecule has 0 unspecified atom stereocenters. The Hall–Kier alpha value is -3.75. The van der Waals surface area contributed by atoms with Gasteiger partial charge in [-0.25, -0.2) is 22.9 Å². The number of carbonyl (C=O) groups is 1. The molecule has 2 aliphatic rings. The minimum atomic E-state index is -0.693. The maximum Gasteiger partial charge on any atom is 0.317 e. The highest BCUT2D eigenvalue weighted by Crippen LogP contribution is 2.55. The number of amides is 2. The third kappa shape index (κ3) is 4.88. The number of nitrogens with one attached hydrogen (secondary N) is 1. The number of rotatable bonds is 3. The van der Waals surface area contributed by atoms with E-state index in [9.17, 15) is 18.0 Å². The van der Waals surface area contributed by atoms with E-state index >= 15 is 0 Å². The number of pyridine rings is 1. The lowest BCUT2D eigenvalue weighted by Crippen LogP contribution is -2.19. The Labute approximate surface area is 175 Å². The standard InChI is InChI=1S/C12H10FN3O2.C10H8F2O/c13-8-2-1-3-9(6-8)18-10-4-5-11(15-7-10)16-12(14)17;11-7-1-2-8(12)10-9(7)6-3-5(6)4-13-10/h1-7H,(H3,14,15,16,17);1-2,5-6H,3-4H2/t;5-,6-/m.1/s1. The van der Waals surface area contributed by atoms with Gasteiger partial charge in [-0.1, -0.05) is 6.07 Å². The minimum Gasteiger partial charge on any atom is -0.490 e. The Balaban J connectivity index is 0.000000156. The number of urea groups is 1. The number of primary amides is 1. The van der Waals surface area contributed by atoms with Crippen molar-refractivity contribution in [3.05, 3.63) is 77.7 Å². The average molecular weight is 429 g/mol. The number of fused-ring (bicyclic) bond motifs is 3. The van der Waals surface area contributed by atoms with Crippen LogP contribution in [0.4, 0.5) is 23.8 Å². The van der Waals surface area contributed by atoms with Crippen LogP contribution in [-0.2, 0) is 0 Å². The minimum absolute atomic E-state index is 0.138. The predicted molar refractivity (Wildman–Crippen MR) is 107 cm³/mol. The molecule has 1 aliphatic heterocycles. The number of benzene rings is 2. The number of carbonyl (C=O) groups excluding carboxylic acids is 1. The van der Waals surface area contributed by atoms with Gasteiger partial charge in [0.15, 0.2) is 11.6 Å². The van der Waals surface area contributed by atoms with Crippen molar-refractivity contribution < 1.29 is 27.4 Å². The number of aromatic nitrogens is 1. The quantitative estimate of drug-likeness (QED) is 0.616. The summed E-state index contributed by atoms with van der Waals surface area (Å²) in [5.41, 5.74) is 5.39. The van der Waals surface area contributed by atoms with Crippen LogP contribution >= 0.6 is 0 Å². The molecule has 5 rings (SSSR count). The largest absolute Gasteiger partial charge is 0.490 e. The molecule has 2 heterocycles. The molecule has 1 saturated carbocycles. The van der Waals surface area contributed by atoms with Crippen LogP contribution < -0.4 is 20.5 Å². The van der Waals surface area contributed by atoms with E-state index in [4.69, 9.17) is 15.2 Å². The fourth-order valence-corrected chi connectivity index (χ4v) is 3.32. The van der Waals surface area contributed by atoms with Crippen molar-refractivity contribution >= 4 is 11.8 Å². The molecule has 9 heteroatoms. The zero-order chi connectivity index (χ0) is 22.0. The molecule has 0 spiro atoms. The van der Waals surface area contributed by atoms with Gasteiger partial charge in [-0.2, -0.15) is 0 Å². The molecule has 3 aromatic rings. The van der Waals surface area contributed by atoms with Crippen molar-refractivity contribution in [3.63, 3.8) is 0 Å². The van der Waals surface area contributed by atoms with Gasteiger partial charge in [-0.3, -0.25) is 5.32 Å². The lowest BCUT2D eigenvalue weighted by atomic mass is 10.1. The summed E-state index contributed by atoms with van der Waals surface area (Å²) >= 11 is 0. The van der Waals surface area contributed by atoms with E-state index in [1.165, 1.54) is 30.5 Å². The molecule has 3 N–H and O–H groups in total. The van der Waals surface area contributed by atoms with E-state index in [0.717, 1.165) is 12.5 Å². The summed E-state index contributed by atoms with van der Waals surface area (Å²) in [4.78, 5) is 14.5. The third-order valence-electron chi connectivity index (χ3n) is 4.85. The van der Waals surface area contributed by atoms with E-state index < -0.39 is 11.8 Å². The first-order valence-electron chi connectivity index (χ1n) is 9.47. The van der Waals surface area contributed by atoms with E-state index in [-0.39, 0.29) is 23.3 Å². The fraction of sp³-hybridized carbons (Fsp3) is 0.182. The van der Waals surface area contributed by atoms with Gasteiger partial charge in [-0.05, 0) is 48.7 Å². The molecule has 1 aromatic heterocycles. The Bertz CT molecular complexity index is 1110. The van der Waals surface area contributed by atoms with Crippen LogP contribution in [0.1, 0.15) is 17.9 Å². The van der Waals surface area contributed by atoms with Crippen LogP contribution in [0.2, 0.25) is 0 Å². The lowest BCUT2D eigenvalue weighted by Gasteiger charge is -2.17. The van der Waals surface area contributed by atoms with Gasteiger partial charge in [0.05, 0.1) is 12.8 Å². The maximum absolute atomic E-state index is 13.3. The first-order valence-corrected chi connectivity index (χ1v) is 9.47. The lowest BCUT2D eigenvalue weighted by molar-refractivity contribution is 0.259. The van der Waals surface area contributed by atoms with Crippen molar-refractivity contribution in [2.45, 2.75) is 12.3 Å². The SMILES string of the molecule is Fc1ccc(F)c2c1OC[C@H]1C[C@@H]21.NC(=O)Nc1ccc(Oc2cccc(F)c2)cn1. The van der Waals surface area contributed by atoms with E-state index in [1.54, 1.807) is 18.2 Å². The van der Waals surface area contributed by atoms with Crippen LogP contribution in [0.15, 0.2) is 54.7 Å². The summed E-state index contributed by atoms with van der Waals surface area (Å²) in [5, 5.41) is 2.32. The Morgan fingerprint density at radius 2 is 1.90 bits per heavy atom. The van der Waals surface area contributed by atoms with Crippen LogP contribution in [0.25, 0.3) is 0 Å². The van der Waals surface area contributed by atoms with Gasteiger partial charge in [0.1, 0.15) is 29.0 Å². The number of nitrogens with zero attached hydrogens (tertiary/aromatic N) is 1. The molecule has 1 aliphatic carbocycles. The van der Waals surface area contributed by atoms with Gasteiger partial charge in [0, 0.05) is 17.5 Å². The average Bonchev–Trinajstić information content (AvgIpc) is 3.52. The topological polar surface area (TPSA) is 86.5 Å². The van der Waals surface area contributed by atoms with Crippen molar-refractivity contribution in [3.8, 4) is 17.2 Å². The summed E-state index contributed by atoms with van der Waals surface area (Å²) in [5.74, 6) is 0.719. The second-order valence-electron chi connectivity index (χ2n) is 7.11. The number of hydrogen-bond acceptors (Lipinski definition) is 4. The van der Waals surface area contributed by atoms with Crippen LogP contribution in [-0.4, -0.2) is 17.6 Å². The van der Waals surface area contributed by atoms with Gasteiger partial charge in [0.25, 0.3) is 0 Å². The van der Waals surface area contributed by atoms with Crippen LogP contribution in [0, 0.1) is 23.4 Å². The Morgan fingerprint density at radius 3 is 2.61 bits per heavy atom. The third-order valence-corrected chi connectivity index (χ3v) is 4.85. The molecule has 0 saturated heterocycles. The van der Waals surface area contributed by atoms with Gasteiger partial charge >= 0.3 is 6.03 Å². The molecule has 6 nitrogen and oxygen atoms in total. The summed E-state index contributed by atoms with van der Waals surface area (Å²) in [6.07, 6.45) is 2.34. The fourth-order valence-electron chi connectivity index (χ4n) is 3.32. The smallest absolute Gasteiger partial charge is 0.317 e. The summed E-state index contributed by atoms with van der Waals surface area (Å²) in [7, 11) is 0. The van der Waals surface area contributed by atoms with Gasteiger partial charge < -0.3 is 15.2 Å². The van der Waals surface area contributed by atoms with Crippen LogP contribution in [0.5, 0.6) is 17.2 Å². The zero-order valence-electron chi connectivity index (χ0n) is 16.1. The van der Waals surface area contributed by atoms with E-state index in [1.807, 2.05) is 0 Å². The number of nitrogens with two attached hydrogens (primary N) is 1. The Kier molecular flexibility index (Phi) is 5.66. The van der Waals surface area contributed by atoms with Gasteiger partial charge in [-0.15, -0.1) is 0 Å². The van der Waals surface area contributed by atoms with Crippen molar-refractivity contribution in [1.29, 1.82) is 0 Å². The molecule has 1 fully saturated rings. The molecule has 0 radical (unpaired) electrons. The van der Waals surface area contributed by atoms with Crippen molar-refractivity contribution in [2.75, 3.05) is 11.9 Å².